The van der Waals surface area contributed by atoms with E-state index >= 15 is 0 Å². The van der Waals surface area contributed by atoms with Crippen molar-refractivity contribution in [2.75, 3.05) is 6.54 Å². The summed E-state index contributed by atoms with van der Waals surface area (Å²) >= 11 is 0. The molecule has 28 heavy (non-hydrogen) atoms. The molecule has 2 N–H and O–H groups in total. The number of benzene rings is 2. The lowest BCUT2D eigenvalue weighted by molar-refractivity contribution is -0.121. The van der Waals surface area contributed by atoms with Crippen LogP contribution in [-0.4, -0.2) is 27.0 Å². The smallest absolute Gasteiger partial charge is 0.346 e. The van der Waals surface area contributed by atoms with E-state index in [0.717, 1.165) is 24.3 Å². The standard InChI is InChI=1S/C17H15F5N2O3S/c1-10(11-5-6-14(18)15(19)8-11)24-16(25)12-3-2-4-13(7-12)28(26,27)23-9-17(20,21)22/h2-8,10,23H,9H2,1H3,(H,24,25). The Balaban J connectivity index is 2.16. The molecule has 0 aliphatic carbocycles. The molecule has 1 atom stereocenters. The van der Waals surface area contributed by atoms with E-state index in [9.17, 15) is 35.2 Å². The lowest BCUT2D eigenvalue weighted by atomic mass is 10.1. The van der Waals surface area contributed by atoms with E-state index in [4.69, 9.17) is 0 Å². The molecule has 152 valence electrons. The van der Waals surface area contributed by atoms with Crippen molar-refractivity contribution in [3.63, 3.8) is 0 Å². The van der Waals surface area contributed by atoms with Crippen molar-refractivity contribution in [2.24, 2.45) is 0 Å². The third-order valence-electron chi connectivity index (χ3n) is 3.66. The Morgan fingerprint density at radius 2 is 1.75 bits per heavy atom. The van der Waals surface area contributed by atoms with Gasteiger partial charge in [0.25, 0.3) is 5.91 Å². The normalized spacial score (nSPS) is 13.2. The maximum atomic E-state index is 13.3. The van der Waals surface area contributed by atoms with E-state index in [1.54, 1.807) is 0 Å². The number of amides is 1. The number of carbonyl (C=O) groups excluding carboxylic acids is 1. The van der Waals surface area contributed by atoms with Crippen LogP contribution in [0.1, 0.15) is 28.9 Å². The van der Waals surface area contributed by atoms with Crippen molar-refractivity contribution >= 4 is 15.9 Å². The van der Waals surface area contributed by atoms with Gasteiger partial charge in [0.05, 0.1) is 10.9 Å². The molecule has 0 heterocycles. The van der Waals surface area contributed by atoms with Gasteiger partial charge >= 0.3 is 6.18 Å². The molecule has 2 aromatic carbocycles. The molecule has 0 bridgehead atoms. The van der Waals surface area contributed by atoms with E-state index in [1.807, 2.05) is 0 Å². The molecule has 5 nitrogen and oxygen atoms in total. The van der Waals surface area contributed by atoms with Gasteiger partial charge in [0, 0.05) is 5.56 Å². The summed E-state index contributed by atoms with van der Waals surface area (Å²) < 4.78 is 88.3. The minimum atomic E-state index is -4.73. The first-order valence-electron chi connectivity index (χ1n) is 7.81. The number of halogens is 5. The molecule has 0 aliphatic heterocycles. The van der Waals surface area contributed by atoms with Gasteiger partial charge in [-0.1, -0.05) is 12.1 Å². The Morgan fingerprint density at radius 3 is 2.36 bits per heavy atom. The van der Waals surface area contributed by atoms with Crippen molar-refractivity contribution < 1.29 is 35.2 Å². The average molecular weight is 422 g/mol. The van der Waals surface area contributed by atoms with Crippen LogP contribution in [0.5, 0.6) is 0 Å². The number of hydrogen-bond donors (Lipinski definition) is 2. The maximum Gasteiger partial charge on any atom is 0.402 e. The number of rotatable bonds is 6. The molecule has 2 aromatic rings. The van der Waals surface area contributed by atoms with Crippen LogP contribution < -0.4 is 10.0 Å². The Labute approximate surface area is 157 Å². The number of hydrogen-bond acceptors (Lipinski definition) is 3. The minimum absolute atomic E-state index is 0.135. The third kappa shape index (κ3) is 5.73. The van der Waals surface area contributed by atoms with E-state index in [2.05, 4.69) is 5.32 Å². The van der Waals surface area contributed by atoms with Gasteiger partial charge in [-0.15, -0.1) is 0 Å². The second kappa shape index (κ2) is 8.23. The Kier molecular flexibility index (Phi) is 6.40. The monoisotopic (exact) mass is 422 g/mol. The topological polar surface area (TPSA) is 75.3 Å². The van der Waals surface area contributed by atoms with Crippen molar-refractivity contribution in [3.8, 4) is 0 Å². The van der Waals surface area contributed by atoms with Crippen LogP contribution in [-0.2, 0) is 10.0 Å². The molecule has 11 heteroatoms. The Morgan fingerprint density at radius 1 is 1.07 bits per heavy atom. The van der Waals surface area contributed by atoms with E-state index < -0.39 is 51.2 Å². The first kappa shape index (κ1) is 21.8. The van der Waals surface area contributed by atoms with Gasteiger partial charge in [-0.2, -0.15) is 13.2 Å². The first-order valence-corrected chi connectivity index (χ1v) is 9.29. The molecular formula is C17H15F5N2O3S. The first-order chi connectivity index (χ1) is 12.9. The van der Waals surface area contributed by atoms with Gasteiger partial charge in [0.15, 0.2) is 11.6 Å². The predicted molar refractivity (Wildman–Crippen MR) is 89.9 cm³/mol. The van der Waals surface area contributed by atoms with Crippen molar-refractivity contribution in [2.45, 2.75) is 24.0 Å². The molecule has 0 aromatic heterocycles. The highest BCUT2D eigenvalue weighted by Crippen LogP contribution is 2.19. The second-order valence-electron chi connectivity index (χ2n) is 5.84. The molecule has 2 rings (SSSR count). The fourth-order valence-electron chi connectivity index (χ4n) is 2.21. The maximum absolute atomic E-state index is 13.3. The summed E-state index contributed by atoms with van der Waals surface area (Å²) in [6.07, 6.45) is -4.73. The van der Waals surface area contributed by atoms with Crippen LogP contribution >= 0.6 is 0 Å². The summed E-state index contributed by atoms with van der Waals surface area (Å²) in [5.74, 6) is -2.89. The second-order valence-corrected chi connectivity index (χ2v) is 7.60. The van der Waals surface area contributed by atoms with Crippen molar-refractivity contribution in [3.05, 3.63) is 65.2 Å². The zero-order valence-corrected chi connectivity index (χ0v) is 15.2. The predicted octanol–water partition coefficient (Wildman–Crippen LogP) is 3.30. The van der Waals surface area contributed by atoms with Gasteiger partial charge < -0.3 is 5.32 Å². The molecule has 1 unspecified atom stereocenters. The zero-order chi connectivity index (χ0) is 21.1. The summed E-state index contributed by atoms with van der Waals surface area (Å²) in [6.45, 7) is -0.255. The molecule has 0 radical (unpaired) electrons. The summed E-state index contributed by atoms with van der Waals surface area (Å²) in [6, 6.07) is 6.72. The van der Waals surface area contributed by atoms with Crippen molar-refractivity contribution in [1.29, 1.82) is 0 Å². The highest BCUT2D eigenvalue weighted by Gasteiger charge is 2.30. The SMILES string of the molecule is CC(NC(=O)c1cccc(S(=O)(=O)NCC(F)(F)F)c1)c1ccc(F)c(F)c1. The molecule has 0 saturated carbocycles. The summed E-state index contributed by atoms with van der Waals surface area (Å²) in [5, 5.41) is 2.47. The molecule has 0 aliphatic rings. The molecule has 0 saturated heterocycles. The summed E-state index contributed by atoms with van der Waals surface area (Å²) in [4.78, 5) is 11.8. The van der Waals surface area contributed by atoms with E-state index in [1.165, 1.54) is 29.8 Å². The fourth-order valence-corrected chi connectivity index (χ4v) is 3.27. The zero-order valence-electron chi connectivity index (χ0n) is 14.3. The number of nitrogens with one attached hydrogen (secondary N) is 2. The summed E-state index contributed by atoms with van der Waals surface area (Å²) in [5.41, 5.74) is 0.132. The van der Waals surface area contributed by atoms with Crippen LogP contribution in [0.2, 0.25) is 0 Å². The highest BCUT2D eigenvalue weighted by molar-refractivity contribution is 7.89. The largest absolute Gasteiger partial charge is 0.402 e. The minimum Gasteiger partial charge on any atom is -0.346 e. The van der Waals surface area contributed by atoms with Crippen LogP contribution in [0, 0.1) is 11.6 Å². The lowest BCUT2D eigenvalue weighted by Crippen LogP contribution is -2.34. The number of carbonyl (C=O) groups is 1. The Bertz CT molecular complexity index is 977. The Hall–Kier alpha value is -2.53. The number of alkyl halides is 3. The average Bonchev–Trinajstić information content (AvgIpc) is 2.62. The van der Waals surface area contributed by atoms with Gasteiger partial charge in [0.1, 0.15) is 6.54 Å². The molecule has 1 amide bonds. The van der Waals surface area contributed by atoms with Crippen LogP contribution in [0.25, 0.3) is 0 Å². The van der Waals surface area contributed by atoms with Crippen molar-refractivity contribution in [1.82, 2.24) is 10.0 Å². The number of sulfonamides is 1. The van der Waals surface area contributed by atoms with Gasteiger partial charge in [-0.3, -0.25) is 4.79 Å². The van der Waals surface area contributed by atoms with Gasteiger partial charge in [0.2, 0.25) is 10.0 Å². The fraction of sp³-hybridized carbons (Fsp3) is 0.235. The quantitative estimate of drug-likeness (QED) is 0.702. The summed E-state index contributed by atoms with van der Waals surface area (Å²) in [7, 11) is -4.48. The lowest BCUT2D eigenvalue weighted by Gasteiger charge is -2.15. The van der Waals surface area contributed by atoms with E-state index in [0.29, 0.717) is 0 Å². The highest BCUT2D eigenvalue weighted by atomic mass is 32.2. The third-order valence-corrected chi connectivity index (χ3v) is 5.06. The van der Waals surface area contributed by atoms with Gasteiger partial charge in [-0.25, -0.2) is 21.9 Å². The van der Waals surface area contributed by atoms with Crippen LogP contribution in [0.15, 0.2) is 47.4 Å². The van der Waals surface area contributed by atoms with Gasteiger partial charge in [-0.05, 0) is 42.8 Å². The van der Waals surface area contributed by atoms with Crippen LogP contribution in [0.4, 0.5) is 22.0 Å². The van der Waals surface area contributed by atoms with E-state index in [-0.39, 0.29) is 11.1 Å². The molecular weight excluding hydrogens is 407 g/mol. The van der Waals surface area contributed by atoms with Crippen LogP contribution in [0.3, 0.4) is 0 Å². The molecule has 0 spiro atoms. The molecule has 0 fully saturated rings.